The fourth-order valence-corrected chi connectivity index (χ4v) is 3.36. The Bertz CT molecular complexity index is 246. The predicted molar refractivity (Wildman–Crippen MR) is 77.7 cm³/mol. The average molecular weight is 253 g/mol. The SMILES string of the molecule is CN1CCCCC1CCN1CCC(C)(CN)CC1. The second kappa shape index (κ2) is 6.36. The van der Waals surface area contributed by atoms with Crippen LogP contribution in [0.4, 0.5) is 0 Å². The lowest BCUT2D eigenvalue weighted by molar-refractivity contribution is 0.104. The van der Waals surface area contributed by atoms with Crippen LogP contribution < -0.4 is 5.73 Å². The van der Waals surface area contributed by atoms with E-state index in [4.69, 9.17) is 5.73 Å². The molecule has 2 aliphatic heterocycles. The molecule has 2 aliphatic rings. The Morgan fingerprint density at radius 1 is 1.17 bits per heavy atom. The molecule has 0 bridgehead atoms. The molecule has 0 aromatic carbocycles. The molecule has 0 spiro atoms. The van der Waals surface area contributed by atoms with Crippen molar-refractivity contribution in [3.05, 3.63) is 0 Å². The van der Waals surface area contributed by atoms with E-state index in [0.29, 0.717) is 5.41 Å². The molecule has 3 heteroatoms. The maximum absolute atomic E-state index is 5.87. The predicted octanol–water partition coefficient (Wildman–Crippen LogP) is 1.92. The minimum atomic E-state index is 0.415. The molecular weight excluding hydrogens is 222 g/mol. The van der Waals surface area contributed by atoms with Gasteiger partial charge in [0, 0.05) is 6.04 Å². The quantitative estimate of drug-likeness (QED) is 0.831. The maximum Gasteiger partial charge on any atom is 0.0104 e. The summed E-state index contributed by atoms with van der Waals surface area (Å²) in [6, 6.07) is 0.835. The van der Waals surface area contributed by atoms with Crippen LogP contribution in [0.5, 0.6) is 0 Å². The molecule has 1 atom stereocenters. The van der Waals surface area contributed by atoms with E-state index in [-0.39, 0.29) is 0 Å². The summed E-state index contributed by atoms with van der Waals surface area (Å²) >= 11 is 0. The second-order valence-electron chi connectivity index (χ2n) is 6.78. The molecule has 0 radical (unpaired) electrons. The number of nitrogens with two attached hydrogens (primary N) is 1. The van der Waals surface area contributed by atoms with Crippen molar-refractivity contribution in [3.63, 3.8) is 0 Å². The van der Waals surface area contributed by atoms with Gasteiger partial charge in [-0.05, 0) is 77.3 Å². The van der Waals surface area contributed by atoms with Gasteiger partial charge in [0.05, 0.1) is 0 Å². The molecule has 0 aromatic rings. The van der Waals surface area contributed by atoms with Gasteiger partial charge >= 0.3 is 0 Å². The van der Waals surface area contributed by atoms with Crippen molar-refractivity contribution in [2.45, 2.75) is 51.5 Å². The molecule has 2 rings (SSSR count). The lowest BCUT2D eigenvalue weighted by Gasteiger charge is -2.40. The van der Waals surface area contributed by atoms with E-state index in [1.807, 2.05) is 0 Å². The Kier molecular flexibility index (Phi) is 5.05. The van der Waals surface area contributed by atoms with E-state index < -0.39 is 0 Å². The minimum absolute atomic E-state index is 0.415. The van der Waals surface area contributed by atoms with E-state index in [1.54, 1.807) is 0 Å². The van der Waals surface area contributed by atoms with Gasteiger partial charge in [-0.15, -0.1) is 0 Å². The Balaban J connectivity index is 1.69. The first-order chi connectivity index (χ1) is 8.63. The van der Waals surface area contributed by atoms with Gasteiger partial charge in [-0.25, -0.2) is 0 Å². The highest BCUT2D eigenvalue weighted by Gasteiger charge is 2.29. The third-order valence-corrected chi connectivity index (χ3v) is 5.26. The van der Waals surface area contributed by atoms with Gasteiger partial charge in [-0.2, -0.15) is 0 Å². The first-order valence-corrected chi connectivity index (χ1v) is 7.76. The van der Waals surface area contributed by atoms with Crippen molar-refractivity contribution in [3.8, 4) is 0 Å². The highest BCUT2D eigenvalue weighted by Crippen LogP contribution is 2.29. The molecule has 2 saturated heterocycles. The van der Waals surface area contributed by atoms with E-state index in [9.17, 15) is 0 Å². The second-order valence-corrected chi connectivity index (χ2v) is 6.78. The van der Waals surface area contributed by atoms with Crippen molar-refractivity contribution >= 4 is 0 Å². The lowest BCUT2D eigenvalue weighted by atomic mass is 9.80. The normalized spacial score (nSPS) is 30.5. The molecule has 106 valence electrons. The highest BCUT2D eigenvalue weighted by atomic mass is 15.2. The molecule has 2 fully saturated rings. The topological polar surface area (TPSA) is 32.5 Å². The van der Waals surface area contributed by atoms with Crippen molar-refractivity contribution in [1.29, 1.82) is 0 Å². The minimum Gasteiger partial charge on any atom is -0.330 e. The van der Waals surface area contributed by atoms with Gasteiger partial charge in [0.25, 0.3) is 0 Å². The van der Waals surface area contributed by atoms with Crippen LogP contribution in [0.1, 0.15) is 45.4 Å². The average Bonchev–Trinajstić information content (AvgIpc) is 2.40. The molecular formula is C15H31N3. The summed E-state index contributed by atoms with van der Waals surface area (Å²) in [5, 5.41) is 0. The van der Waals surface area contributed by atoms with E-state index >= 15 is 0 Å². The van der Waals surface area contributed by atoms with Crippen molar-refractivity contribution in [2.75, 3.05) is 39.8 Å². The molecule has 2 N–H and O–H groups in total. The van der Waals surface area contributed by atoms with Gasteiger partial charge in [-0.1, -0.05) is 13.3 Å². The smallest absolute Gasteiger partial charge is 0.0104 e. The Morgan fingerprint density at radius 2 is 1.89 bits per heavy atom. The van der Waals surface area contributed by atoms with Gasteiger partial charge < -0.3 is 15.5 Å². The summed E-state index contributed by atoms with van der Waals surface area (Å²) in [6.45, 7) is 8.30. The highest BCUT2D eigenvalue weighted by molar-refractivity contribution is 4.84. The summed E-state index contributed by atoms with van der Waals surface area (Å²) < 4.78 is 0. The van der Waals surface area contributed by atoms with Gasteiger partial charge in [-0.3, -0.25) is 0 Å². The fraction of sp³-hybridized carbons (Fsp3) is 1.00. The summed E-state index contributed by atoms with van der Waals surface area (Å²) in [5.41, 5.74) is 6.28. The van der Waals surface area contributed by atoms with Crippen molar-refractivity contribution in [2.24, 2.45) is 11.1 Å². The zero-order chi connectivity index (χ0) is 13.0. The van der Waals surface area contributed by atoms with Crippen LogP contribution in [0.3, 0.4) is 0 Å². The van der Waals surface area contributed by atoms with Crippen molar-refractivity contribution < 1.29 is 0 Å². The van der Waals surface area contributed by atoms with Crippen LogP contribution in [0.15, 0.2) is 0 Å². The molecule has 0 amide bonds. The number of nitrogens with zero attached hydrogens (tertiary/aromatic N) is 2. The van der Waals surface area contributed by atoms with Crippen LogP contribution in [0.2, 0.25) is 0 Å². The largest absolute Gasteiger partial charge is 0.330 e. The first-order valence-electron chi connectivity index (χ1n) is 7.76. The number of hydrogen-bond donors (Lipinski definition) is 1. The zero-order valence-corrected chi connectivity index (χ0v) is 12.3. The monoisotopic (exact) mass is 253 g/mol. The van der Waals surface area contributed by atoms with E-state index in [2.05, 4.69) is 23.8 Å². The lowest BCUT2D eigenvalue weighted by Crippen LogP contribution is -2.44. The third kappa shape index (κ3) is 3.69. The van der Waals surface area contributed by atoms with E-state index in [1.165, 1.54) is 64.7 Å². The summed E-state index contributed by atoms with van der Waals surface area (Å²) in [5.74, 6) is 0. The van der Waals surface area contributed by atoms with Crippen LogP contribution >= 0.6 is 0 Å². The first kappa shape index (κ1) is 14.3. The Morgan fingerprint density at radius 3 is 2.50 bits per heavy atom. The molecule has 0 aromatic heterocycles. The molecule has 0 aliphatic carbocycles. The number of rotatable bonds is 4. The van der Waals surface area contributed by atoms with E-state index in [0.717, 1.165) is 12.6 Å². The third-order valence-electron chi connectivity index (χ3n) is 5.26. The standard InChI is InChI=1S/C15H31N3/c1-15(13-16)7-11-18(12-8-15)10-6-14-5-3-4-9-17(14)2/h14H,3-13,16H2,1-2H3. The number of hydrogen-bond acceptors (Lipinski definition) is 3. The van der Waals surface area contributed by atoms with Crippen LogP contribution in [0, 0.1) is 5.41 Å². The number of piperidine rings is 2. The fourth-order valence-electron chi connectivity index (χ4n) is 3.36. The van der Waals surface area contributed by atoms with Crippen LogP contribution in [0.25, 0.3) is 0 Å². The maximum atomic E-state index is 5.87. The Labute approximate surface area is 113 Å². The summed E-state index contributed by atoms with van der Waals surface area (Å²) in [4.78, 5) is 5.22. The van der Waals surface area contributed by atoms with Crippen LogP contribution in [-0.2, 0) is 0 Å². The van der Waals surface area contributed by atoms with Gasteiger partial charge in [0.2, 0.25) is 0 Å². The molecule has 1 unspecified atom stereocenters. The summed E-state index contributed by atoms with van der Waals surface area (Å²) in [7, 11) is 2.30. The molecule has 3 nitrogen and oxygen atoms in total. The zero-order valence-electron chi connectivity index (χ0n) is 12.3. The van der Waals surface area contributed by atoms with Gasteiger partial charge in [0.15, 0.2) is 0 Å². The molecule has 0 saturated carbocycles. The molecule has 2 heterocycles. The summed E-state index contributed by atoms with van der Waals surface area (Å²) in [6.07, 6.45) is 8.15. The van der Waals surface area contributed by atoms with Gasteiger partial charge in [0.1, 0.15) is 0 Å². The Hall–Kier alpha value is -0.120. The number of likely N-dealkylation sites (tertiary alicyclic amines) is 2. The van der Waals surface area contributed by atoms with Crippen LogP contribution in [-0.4, -0.2) is 55.6 Å². The van der Waals surface area contributed by atoms with Crippen molar-refractivity contribution in [1.82, 2.24) is 9.80 Å². The molecule has 18 heavy (non-hydrogen) atoms.